The molecule has 5 rings (SSSR count). The van der Waals surface area contributed by atoms with E-state index in [0.29, 0.717) is 28.4 Å². The van der Waals surface area contributed by atoms with E-state index < -0.39 is 27.5 Å². The first-order chi connectivity index (χ1) is 16.2. The first-order valence-electron chi connectivity index (χ1n) is 10.6. The van der Waals surface area contributed by atoms with E-state index in [2.05, 4.69) is 10.4 Å². The highest BCUT2D eigenvalue weighted by Gasteiger charge is 2.38. The van der Waals surface area contributed by atoms with E-state index >= 15 is 0 Å². The lowest BCUT2D eigenvalue weighted by atomic mass is 10.1. The van der Waals surface area contributed by atoms with Crippen molar-refractivity contribution in [1.82, 2.24) is 9.78 Å². The number of benzene rings is 2. The third kappa shape index (κ3) is 4.03. The molecule has 1 N–H and O–H groups in total. The Morgan fingerprint density at radius 3 is 2.44 bits per heavy atom. The number of fused-ring (bicyclic) bond motifs is 1. The lowest BCUT2D eigenvalue weighted by Crippen LogP contribution is -2.29. The van der Waals surface area contributed by atoms with Crippen molar-refractivity contribution >= 4 is 33.2 Å². The van der Waals surface area contributed by atoms with Gasteiger partial charge in [0.15, 0.2) is 9.84 Å². The Morgan fingerprint density at radius 2 is 1.76 bits per heavy atom. The fourth-order valence-corrected chi connectivity index (χ4v) is 5.75. The summed E-state index contributed by atoms with van der Waals surface area (Å²) in [5, 5.41) is 7.17. The maximum absolute atomic E-state index is 13.4. The molecule has 1 aromatic heterocycles. The van der Waals surface area contributed by atoms with Crippen LogP contribution in [0.15, 0.2) is 48.5 Å². The molecule has 3 aromatic rings. The van der Waals surface area contributed by atoms with Gasteiger partial charge >= 0.3 is 0 Å². The summed E-state index contributed by atoms with van der Waals surface area (Å²) in [4.78, 5) is 27.3. The van der Waals surface area contributed by atoms with Crippen LogP contribution in [0.2, 0.25) is 0 Å². The predicted octanol–water partition coefficient (Wildman–Crippen LogP) is 2.44. The number of amides is 2. The number of rotatable bonds is 5. The van der Waals surface area contributed by atoms with Gasteiger partial charge in [-0.25, -0.2) is 17.5 Å². The van der Waals surface area contributed by atoms with Crippen LogP contribution in [0.3, 0.4) is 0 Å². The summed E-state index contributed by atoms with van der Waals surface area (Å²) in [7, 11) is -1.81. The smallest absolute Gasteiger partial charge is 0.230 e. The molecule has 2 aliphatic heterocycles. The van der Waals surface area contributed by atoms with Crippen molar-refractivity contribution in [2.45, 2.75) is 17.9 Å². The van der Waals surface area contributed by atoms with Crippen LogP contribution < -0.4 is 15.0 Å². The van der Waals surface area contributed by atoms with Crippen molar-refractivity contribution in [1.29, 1.82) is 0 Å². The Kier molecular flexibility index (Phi) is 5.35. The van der Waals surface area contributed by atoms with Crippen LogP contribution >= 0.6 is 0 Å². The summed E-state index contributed by atoms with van der Waals surface area (Å²) < 4.78 is 44.3. The van der Waals surface area contributed by atoms with Crippen LogP contribution in [0.5, 0.6) is 5.75 Å². The maximum atomic E-state index is 13.4. The second-order valence-corrected chi connectivity index (χ2v) is 10.4. The fourth-order valence-electron chi connectivity index (χ4n) is 4.25. The van der Waals surface area contributed by atoms with Crippen molar-refractivity contribution in [3.63, 3.8) is 0 Å². The summed E-state index contributed by atoms with van der Waals surface area (Å²) in [6.45, 7) is 0.183. The van der Waals surface area contributed by atoms with Crippen LogP contribution in [0.1, 0.15) is 17.7 Å². The largest absolute Gasteiger partial charge is 0.497 e. The summed E-state index contributed by atoms with van der Waals surface area (Å²) in [6.07, 6.45) is 0.0169. The van der Waals surface area contributed by atoms with Crippen molar-refractivity contribution in [3.05, 3.63) is 65.6 Å². The summed E-state index contributed by atoms with van der Waals surface area (Å²) in [6, 6.07) is 12.5. The second-order valence-electron chi connectivity index (χ2n) is 8.29. The van der Waals surface area contributed by atoms with Gasteiger partial charge in [0.25, 0.3) is 0 Å². The van der Waals surface area contributed by atoms with Crippen LogP contribution in [-0.4, -0.2) is 43.7 Å². The molecule has 1 atom stereocenters. The fraction of sp³-hybridized carbons (Fsp3) is 0.261. The molecule has 176 valence electrons. The lowest BCUT2D eigenvalue weighted by molar-refractivity contribution is -0.122. The number of halogens is 1. The van der Waals surface area contributed by atoms with Gasteiger partial charge in [-0.2, -0.15) is 5.10 Å². The van der Waals surface area contributed by atoms with Crippen molar-refractivity contribution in [2.75, 3.05) is 23.9 Å². The Hall–Kier alpha value is -3.73. The van der Waals surface area contributed by atoms with Gasteiger partial charge < -0.3 is 15.0 Å². The Balaban J connectivity index is 1.41. The van der Waals surface area contributed by atoms with Gasteiger partial charge in [0, 0.05) is 24.2 Å². The molecule has 2 aliphatic rings. The van der Waals surface area contributed by atoms with Gasteiger partial charge in [-0.3, -0.25) is 9.59 Å². The van der Waals surface area contributed by atoms with Gasteiger partial charge in [0.2, 0.25) is 11.8 Å². The van der Waals surface area contributed by atoms with Crippen molar-refractivity contribution in [3.8, 4) is 11.4 Å². The van der Waals surface area contributed by atoms with Crippen LogP contribution in [-0.2, 0) is 30.9 Å². The second kappa shape index (κ2) is 8.24. The highest BCUT2D eigenvalue weighted by atomic mass is 32.2. The number of hydrogen-bond donors (Lipinski definition) is 1. The third-order valence-corrected chi connectivity index (χ3v) is 7.42. The molecule has 1 fully saturated rings. The quantitative estimate of drug-likeness (QED) is 0.596. The molecule has 0 aliphatic carbocycles. The topological polar surface area (TPSA) is 111 Å². The number of carbonyl (C=O) groups excluding carboxylic acids is 2. The number of anilines is 2. The molecule has 0 radical (unpaired) electrons. The maximum Gasteiger partial charge on any atom is 0.230 e. The average Bonchev–Trinajstić information content (AvgIpc) is 3.44. The van der Waals surface area contributed by atoms with E-state index in [-0.39, 0.29) is 36.2 Å². The molecular formula is C23H21FN4O5S. The number of hydrogen-bond acceptors (Lipinski definition) is 6. The van der Waals surface area contributed by atoms with Crippen molar-refractivity contribution < 1.29 is 27.1 Å². The number of nitrogens with one attached hydrogen (secondary N) is 1. The zero-order valence-corrected chi connectivity index (χ0v) is 19.0. The van der Waals surface area contributed by atoms with Crippen LogP contribution in [0.25, 0.3) is 5.69 Å². The molecule has 2 aromatic carbocycles. The Morgan fingerprint density at radius 1 is 1.09 bits per heavy atom. The molecule has 11 heteroatoms. The normalized spacial score (nSPS) is 18.7. The van der Waals surface area contributed by atoms with E-state index in [1.165, 1.54) is 33.8 Å². The summed E-state index contributed by atoms with van der Waals surface area (Å²) in [5.41, 5.74) is 1.89. The molecule has 0 spiro atoms. The Bertz CT molecular complexity index is 1380. The molecule has 34 heavy (non-hydrogen) atoms. The zero-order chi connectivity index (χ0) is 24.0. The molecule has 1 saturated heterocycles. The van der Waals surface area contributed by atoms with Gasteiger partial charge in [-0.05, 0) is 48.5 Å². The number of nitrogens with zero attached hydrogens (tertiary/aromatic N) is 3. The minimum atomic E-state index is -3.36. The van der Waals surface area contributed by atoms with Gasteiger partial charge in [0.05, 0.1) is 35.9 Å². The summed E-state index contributed by atoms with van der Waals surface area (Å²) in [5.74, 6) is -1.28. The number of ether oxygens (including phenoxy) is 1. The minimum Gasteiger partial charge on any atom is -0.497 e. The highest BCUT2D eigenvalue weighted by Crippen LogP contribution is 2.34. The number of aromatic nitrogens is 2. The van der Waals surface area contributed by atoms with E-state index in [1.807, 2.05) is 0 Å². The van der Waals surface area contributed by atoms with E-state index in [9.17, 15) is 22.4 Å². The molecule has 2 amide bonds. The lowest BCUT2D eigenvalue weighted by Gasteiger charge is -2.17. The summed E-state index contributed by atoms with van der Waals surface area (Å²) >= 11 is 0. The Labute approximate surface area is 195 Å². The minimum absolute atomic E-state index is 0.0169. The zero-order valence-electron chi connectivity index (χ0n) is 18.2. The monoisotopic (exact) mass is 484 g/mol. The van der Waals surface area contributed by atoms with E-state index in [0.717, 1.165) is 0 Å². The first-order valence-corrected chi connectivity index (χ1v) is 12.4. The predicted molar refractivity (Wildman–Crippen MR) is 122 cm³/mol. The van der Waals surface area contributed by atoms with Crippen molar-refractivity contribution in [2.24, 2.45) is 5.92 Å². The average molecular weight is 485 g/mol. The van der Waals surface area contributed by atoms with Gasteiger partial charge in [0.1, 0.15) is 17.4 Å². The number of carbonyl (C=O) groups is 2. The van der Waals surface area contributed by atoms with E-state index in [1.54, 1.807) is 31.4 Å². The third-order valence-electron chi connectivity index (χ3n) is 5.98. The number of sulfone groups is 1. The van der Waals surface area contributed by atoms with Gasteiger partial charge in [-0.1, -0.05) is 0 Å². The molecular weight excluding hydrogens is 463 g/mol. The highest BCUT2D eigenvalue weighted by molar-refractivity contribution is 7.90. The number of methoxy groups -OCH3 is 1. The van der Waals surface area contributed by atoms with E-state index in [4.69, 9.17) is 4.74 Å². The molecule has 9 nitrogen and oxygen atoms in total. The molecule has 1 unspecified atom stereocenters. The first kappa shape index (κ1) is 22.1. The molecule has 0 saturated carbocycles. The SMILES string of the molecule is COc1ccc(N2CC(C(=O)Nc3c4c(nn3-c3ccc(F)cc3)CS(=O)(=O)C4)CC2=O)cc1. The van der Waals surface area contributed by atoms with Crippen LogP contribution in [0, 0.1) is 11.7 Å². The molecule has 0 bridgehead atoms. The standard InChI is InChI=1S/C23H21FN4O5S/c1-33-18-8-6-16(7-9-18)27-11-14(10-21(27)29)23(30)25-22-19-12-34(31,32)13-20(19)26-28(22)17-4-2-15(24)3-5-17/h2-9,14H,10-13H2,1H3,(H,25,30). The van der Waals surface area contributed by atoms with Gasteiger partial charge in [-0.15, -0.1) is 0 Å². The molecule has 3 heterocycles. The van der Waals surface area contributed by atoms with Crippen LogP contribution in [0.4, 0.5) is 15.9 Å².